The average Bonchev–Trinajstić information content (AvgIpc) is 2.55. The second-order valence-corrected chi connectivity index (χ2v) is 6.39. The standard InChI is InChI=1S/C17H21FN4O/c1-12(17(2)11-22(3)7-5-14(17)8-18)23-16-20-10-13-9-19-6-4-15(13)21-16/h4,6,8-10,12H,5,7,11H2,1-3H3/b14-8+/t12?,17-/m0/s1. The fraction of sp³-hybridized carbons (Fsp3) is 0.471. The van der Waals surface area contributed by atoms with Crippen molar-refractivity contribution >= 4 is 10.9 Å². The topological polar surface area (TPSA) is 51.1 Å². The zero-order valence-corrected chi connectivity index (χ0v) is 13.7. The average molecular weight is 316 g/mol. The van der Waals surface area contributed by atoms with Gasteiger partial charge < -0.3 is 9.64 Å². The van der Waals surface area contributed by atoms with Crippen LogP contribution in [0.2, 0.25) is 0 Å². The third-order valence-electron chi connectivity index (χ3n) is 4.76. The van der Waals surface area contributed by atoms with Crippen molar-refractivity contribution in [1.82, 2.24) is 19.9 Å². The van der Waals surface area contributed by atoms with Gasteiger partial charge in [-0.15, -0.1) is 0 Å². The van der Waals surface area contributed by atoms with Crippen molar-refractivity contribution < 1.29 is 9.13 Å². The Hall–Kier alpha value is -2.08. The molecule has 0 N–H and O–H groups in total. The molecule has 1 aliphatic heterocycles. The van der Waals surface area contributed by atoms with E-state index in [9.17, 15) is 4.39 Å². The minimum absolute atomic E-state index is 0.244. The minimum atomic E-state index is -0.404. The highest BCUT2D eigenvalue weighted by Gasteiger charge is 2.41. The van der Waals surface area contributed by atoms with Crippen molar-refractivity contribution in [2.45, 2.75) is 26.4 Å². The Bertz CT molecular complexity index is 735. The van der Waals surface area contributed by atoms with Crippen LogP contribution in [0.4, 0.5) is 4.39 Å². The summed E-state index contributed by atoms with van der Waals surface area (Å²) in [5.74, 6) is 0. The lowest BCUT2D eigenvalue weighted by molar-refractivity contribution is 0.0461. The summed E-state index contributed by atoms with van der Waals surface area (Å²) in [6.07, 6.45) is 6.29. The largest absolute Gasteiger partial charge is 0.459 e. The van der Waals surface area contributed by atoms with Crippen LogP contribution >= 0.6 is 0 Å². The number of halogens is 1. The number of hydrogen-bond acceptors (Lipinski definition) is 5. The summed E-state index contributed by atoms with van der Waals surface area (Å²) in [6.45, 7) is 5.57. The second kappa shape index (κ2) is 6.20. The van der Waals surface area contributed by atoms with E-state index < -0.39 is 5.41 Å². The monoisotopic (exact) mass is 316 g/mol. The molecule has 3 rings (SSSR count). The molecule has 1 aliphatic rings. The normalized spacial score (nSPS) is 25.7. The Labute approximate surface area is 135 Å². The zero-order chi connectivity index (χ0) is 16.4. The van der Waals surface area contributed by atoms with E-state index in [1.165, 1.54) is 0 Å². The van der Waals surface area contributed by atoms with Gasteiger partial charge in [0.2, 0.25) is 0 Å². The molecule has 1 unspecified atom stereocenters. The summed E-state index contributed by atoms with van der Waals surface area (Å²) in [7, 11) is 2.04. The summed E-state index contributed by atoms with van der Waals surface area (Å²) in [5.41, 5.74) is 1.16. The molecular formula is C17H21FN4O. The molecule has 23 heavy (non-hydrogen) atoms. The molecule has 1 saturated heterocycles. The fourth-order valence-corrected chi connectivity index (χ4v) is 3.11. The summed E-state index contributed by atoms with van der Waals surface area (Å²) in [6, 6.07) is 2.13. The summed E-state index contributed by atoms with van der Waals surface area (Å²) < 4.78 is 19.3. The van der Waals surface area contributed by atoms with Gasteiger partial charge in [0.1, 0.15) is 6.10 Å². The molecule has 0 saturated carbocycles. The Morgan fingerprint density at radius 2 is 2.26 bits per heavy atom. The predicted octanol–water partition coefficient (Wildman–Crippen LogP) is 2.99. The van der Waals surface area contributed by atoms with Crippen LogP contribution in [-0.4, -0.2) is 46.1 Å². The number of likely N-dealkylation sites (tertiary alicyclic amines) is 1. The Kier molecular flexibility index (Phi) is 4.26. The lowest BCUT2D eigenvalue weighted by atomic mass is 9.74. The van der Waals surface area contributed by atoms with E-state index in [2.05, 4.69) is 19.9 Å². The molecule has 0 spiro atoms. The van der Waals surface area contributed by atoms with E-state index in [4.69, 9.17) is 4.74 Å². The maximum Gasteiger partial charge on any atom is 0.317 e. The molecule has 0 amide bonds. The highest BCUT2D eigenvalue weighted by Crippen LogP contribution is 2.39. The van der Waals surface area contributed by atoms with Crippen molar-refractivity contribution in [3.63, 3.8) is 0 Å². The first kappa shape index (κ1) is 15.8. The van der Waals surface area contributed by atoms with Gasteiger partial charge in [0, 0.05) is 42.5 Å². The van der Waals surface area contributed by atoms with Gasteiger partial charge in [0.25, 0.3) is 0 Å². The molecule has 122 valence electrons. The molecule has 0 bridgehead atoms. The third kappa shape index (κ3) is 3.03. The Morgan fingerprint density at radius 3 is 3.04 bits per heavy atom. The van der Waals surface area contributed by atoms with Gasteiger partial charge in [-0.1, -0.05) is 6.92 Å². The Morgan fingerprint density at radius 1 is 1.43 bits per heavy atom. The maximum atomic E-state index is 13.3. The second-order valence-electron chi connectivity index (χ2n) is 6.39. The zero-order valence-electron chi connectivity index (χ0n) is 13.7. The van der Waals surface area contributed by atoms with Crippen molar-refractivity contribution in [3.8, 4) is 6.01 Å². The van der Waals surface area contributed by atoms with Crippen molar-refractivity contribution in [3.05, 3.63) is 36.6 Å². The number of fused-ring (bicyclic) bond motifs is 1. The van der Waals surface area contributed by atoms with Crippen LogP contribution in [0.25, 0.3) is 10.9 Å². The number of piperidine rings is 1. The lowest BCUT2D eigenvalue weighted by Crippen LogP contribution is -2.49. The van der Waals surface area contributed by atoms with Crippen LogP contribution in [0.15, 0.2) is 36.6 Å². The SMILES string of the molecule is CC(Oc1ncc2cnccc2n1)[C@]1(C)CN(C)CC/C1=C\F. The quantitative estimate of drug-likeness (QED) is 0.871. The molecule has 3 heterocycles. The van der Waals surface area contributed by atoms with Crippen molar-refractivity contribution in [1.29, 1.82) is 0 Å². The van der Waals surface area contributed by atoms with E-state index >= 15 is 0 Å². The summed E-state index contributed by atoms with van der Waals surface area (Å²) in [5, 5.41) is 0.862. The molecule has 0 radical (unpaired) electrons. The first-order valence-corrected chi connectivity index (χ1v) is 7.74. The fourth-order valence-electron chi connectivity index (χ4n) is 3.11. The van der Waals surface area contributed by atoms with Crippen molar-refractivity contribution in [2.24, 2.45) is 5.41 Å². The van der Waals surface area contributed by atoms with Crippen LogP contribution in [0.1, 0.15) is 20.3 Å². The molecule has 2 atom stereocenters. The molecule has 6 heteroatoms. The Balaban J connectivity index is 1.85. The number of nitrogens with zero attached hydrogens (tertiary/aromatic N) is 4. The number of hydrogen-bond donors (Lipinski definition) is 0. The van der Waals surface area contributed by atoms with Gasteiger partial charge in [-0.2, -0.15) is 4.98 Å². The lowest BCUT2D eigenvalue weighted by Gasteiger charge is -2.43. The first-order valence-electron chi connectivity index (χ1n) is 7.74. The highest BCUT2D eigenvalue weighted by molar-refractivity contribution is 5.76. The molecule has 2 aromatic heterocycles. The van der Waals surface area contributed by atoms with Gasteiger partial charge in [0.05, 0.1) is 11.8 Å². The highest BCUT2D eigenvalue weighted by atomic mass is 19.1. The molecule has 0 aromatic carbocycles. The van der Waals surface area contributed by atoms with E-state index in [1.54, 1.807) is 18.6 Å². The number of ether oxygens (including phenoxy) is 1. The van der Waals surface area contributed by atoms with Gasteiger partial charge in [0.15, 0.2) is 0 Å². The predicted molar refractivity (Wildman–Crippen MR) is 86.8 cm³/mol. The van der Waals surface area contributed by atoms with Crippen LogP contribution in [0.5, 0.6) is 6.01 Å². The summed E-state index contributed by atoms with van der Waals surface area (Å²) in [4.78, 5) is 14.9. The summed E-state index contributed by atoms with van der Waals surface area (Å²) >= 11 is 0. The van der Waals surface area contributed by atoms with E-state index in [0.717, 1.165) is 35.9 Å². The van der Waals surface area contributed by atoms with Gasteiger partial charge in [-0.05, 0) is 32.0 Å². The van der Waals surface area contributed by atoms with Gasteiger partial charge in [-0.25, -0.2) is 9.37 Å². The molecular weight excluding hydrogens is 295 g/mol. The van der Waals surface area contributed by atoms with Crippen molar-refractivity contribution in [2.75, 3.05) is 20.1 Å². The van der Waals surface area contributed by atoms with Crippen LogP contribution in [-0.2, 0) is 0 Å². The molecule has 5 nitrogen and oxygen atoms in total. The van der Waals surface area contributed by atoms with Gasteiger partial charge >= 0.3 is 6.01 Å². The third-order valence-corrected chi connectivity index (χ3v) is 4.76. The number of aromatic nitrogens is 3. The minimum Gasteiger partial charge on any atom is -0.459 e. The van der Waals surface area contributed by atoms with Gasteiger partial charge in [-0.3, -0.25) is 4.98 Å². The van der Waals surface area contributed by atoms with E-state index in [-0.39, 0.29) is 6.10 Å². The number of rotatable bonds is 3. The number of pyridine rings is 1. The van der Waals surface area contributed by atoms with E-state index in [0.29, 0.717) is 12.4 Å². The molecule has 0 aliphatic carbocycles. The van der Waals surface area contributed by atoms with Crippen LogP contribution < -0.4 is 4.74 Å². The maximum absolute atomic E-state index is 13.3. The molecule has 2 aromatic rings. The first-order chi connectivity index (χ1) is 11.0. The molecule has 1 fully saturated rings. The smallest absolute Gasteiger partial charge is 0.317 e. The van der Waals surface area contributed by atoms with Crippen LogP contribution in [0, 0.1) is 5.41 Å². The van der Waals surface area contributed by atoms with Crippen LogP contribution in [0.3, 0.4) is 0 Å². The van der Waals surface area contributed by atoms with E-state index in [1.807, 2.05) is 27.0 Å².